The van der Waals surface area contributed by atoms with Gasteiger partial charge in [0.1, 0.15) is 5.78 Å². The molecule has 1 aliphatic rings. The maximum Gasteiger partial charge on any atom is 0.144 e. The highest BCUT2D eigenvalue weighted by atomic mass is 35.5. The normalized spacial score (nSPS) is 14.3. The number of carbonyl (C=O) groups excluding carboxylic acids is 1. The van der Waals surface area contributed by atoms with Gasteiger partial charge in [-0.05, 0) is 71.8 Å². The molecule has 166 valence electrons. The Hall–Kier alpha value is -3.24. The average Bonchev–Trinajstić information content (AvgIpc) is 3.55. The first-order chi connectivity index (χ1) is 16.0. The minimum atomic E-state index is -0.247. The minimum absolute atomic E-state index is 0.171. The summed E-state index contributed by atoms with van der Waals surface area (Å²) < 4.78 is 2.03. The molecule has 0 N–H and O–H groups in total. The Labute approximate surface area is 199 Å². The average molecular weight is 456 g/mol. The van der Waals surface area contributed by atoms with Crippen LogP contribution in [-0.2, 0) is 11.2 Å². The lowest BCUT2D eigenvalue weighted by Crippen LogP contribution is -2.12. The summed E-state index contributed by atoms with van der Waals surface area (Å²) >= 11 is 6.43. The minimum Gasteiger partial charge on any atom is -0.299 e. The van der Waals surface area contributed by atoms with Gasteiger partial charge in [-0.25, -0.2) is 0 Å². The third-order valence-corrected chi connectivity index (χ3v) is 6.54. The summed E-state index contributed by atoms with van der Waals surface area (Å²) in [5, 5.41) is 5.12. The Kier molecular flexibility index (Phi) is 5.86. The molecule has 1 unspecified atom stereocenters. The van der Waals surface area contributed by atoms with Gasteiger partial charge in [-0.3, -0.25) is 14.5 Å². The number of Topliss-reactive ketones (excluding diaryl/α,β-unsaturated/α-hetero) is 1. The van der Waals surface area contributed by atoms with Gasteiger partial charge in [0.25, 0.3) is 0 Å². The van der Waals surface area contributed by atoms with E-state index in [-0.39, 0.29) is 11.7 Å². The van der Waals surface area contributed by atoms with Crippen molar-refractivity contribution in [2.24, 2.45) is 0 Å². The van der Waals surface area contributed by atoms with Gasteiger partial charge in [0, 0.05) is 41.0 Å². The fraction of sp³-hybridized carbons (Fsp3) is 0.250. The second-order valence-corrected chi connectivity index (χ2v) is 9.40. The van der Waals surface area contributed by atoms with E-state index in [0.717, 1.165) is 39.1 Å². The Balaban J connectivity index is 1.31. The molecule has 0 aliphatic heterocycles. The van der Waals surface area contributed by atoms with Crippen LogP contribution in [0.15, 0.2) is 73.2 Å². The Bertz CT molecular complexity index is 1300. The van der Waals surface area contributed by atoms with Gasteiger partial charge in [0.2, 0.25) is 0 Å². The zero-order valence-electron chi connectivity index (χ0n) is 18.8. The number of pyridine rings is 1. The molecular formula is C28H26ClN3O. The summed E-state index contributed by atoms with van der Waals surface area (Å²) in [6.45, 7) is 3.94. The predicted molar refractivity (Wildman–Crippen MR) is 132 cm³/mol. The molecule has 4 nitrogen and oxygen atoms in total. The van der Waals surface area contributed by atoms with Crippen LogP contribution in [0.1, 0.15) is 48.5 Å². The lowest BCUT2D eigenvalue weighted by atomic mass is 9.90. The Morgan fingerprint density at radius 1 is 1.03 bits per heavy atom. The molecule has 1 fully saturated rings. The van der Waals surface area contributed by atoms with Crippen molar-refractivity contribution in [2.45, 2.75) is 45.1 Å². The number of hydrogen-bond donors (Lipinski definition) is 0. The number of carbonyl (C=O) groups is 1. The number of aryl methyl sites for hydroxylation is 1. The van der Waals surface area contributed by atoms with Crippen molar-refractivity contribution in [3.05, 3.63) is 95.0 Å². The van der Waals surface area contributed by atoms with Gasteiger partial charge in [-0.2, -0.15) is 5.10 Å². The Morgan fingerprint density at radius 2 is 1.82 bits per heavy atom. The third-order valence-electron chi connectivity index (χ3n) is 6.32. The first kappa shape index (κ1) is 21.6. The molecular weight excluding hydrogens is 430 g/mol. The highest BCUT2D eigenvalue weighted by Gasteiger charge is 2.24. The number of ketones is 1. The molecule has 5 rings (SSSR count). The summed E-state index contributed by atoms with van der Waals surface area (Å²) in [6, 6.07) is 18.7. The Morgan fingerprint density at radius 3 is 2.55 bits per heavy atom. The topological polar surface area (TPSA) is 47.8 Å². The van der Waals surface area contributed by atoms with Crippen LogP contribution in [0.25, 0.3) is 22.3 Å². The zero-order chi connectivity index (χ0) is 22.9. The van der Waals surface area contributed by atoms with Gasteiger partial charge in [-0.15, -0.1) is 0 Å². The number of benzene rings is 2. The molecule has 0 bridgehead atoms. The van der Waals surface area contributed by atoms with Crippen molar-refractivity contribution in [1.29, 1.82) is 0 Å². The number of hydrogen-bond acceptors (Lipinski definition) is 3. The van der Waals surface area contributed by atoms with Gasteiger partial charge >= 0.3 is 0 Å². The van der Waals surface area contributed by atoms with E-state index in [2.05, 4.69) is 40.5 Å². The van der Waals surface area contributed by atoms with E-state index in [1.807, 2.05) is 61.3 Å². The molecule has 2 aromatic carbocycles. The monoisotopic (exact) mass is 455 g/mol. The van der Waals surface area contributed by atoms with Crippen LogP contribution in [-0.4, -0.2) is 20.5 Å². The number of halogens is 1. The van der Waals surface area contributed by atoms with Crippen molar-refractivity contribution >= 4 is 17.4 Å². The molecule has 2 heterocycles. The number of aromatic nitrogens is 3. The highest BCUT2D eigenvalue weighted by molar-refractivity contribution is 6.31. The van der Waals surface area contributed by atoms with Crippen molar-refractivity contribution in [3.8, 4) is 22.3 Å². The predicted octanol–water partition coefficient (Wildman–Crippen LogP) is 6.82. The molecule has 0 amide bonds. The van der Waals surface area contributed by atoms with Gasteiger partial charge in [0.15, 0.2) is 0 Å². The van der Waals surface area contributed by atoms with E-state index in [0.29, 0.717) is 17.5 Å². The van der Waals surface area contributed by atoms with E-state index < -0.39 is 0 Å². The van der Waals surface area contributed by atoms with Crippen LogP contribution in [0.2, 0.25) is 5.02 Å². The summed E-state index contributed by atoms with van der Waals surface area (Å²) in [5.41, 5.74) is 7.22. The van der Waals surface area contributed by atoms with Crippen LogP contribution in [0.3, 0.4) is 0 Å². The first-order valence-corrected chi connectivity index (χ1v) is 11.7. The van der Waals surface area contributed by atoms with Gasteiger partial charge in [-0.1, -0.05) is 48.9 Å². The van der Waals surface area contributed by atoms with Gasteiger partial charge < -0.3 is 0 Å². The standard InChI is InChI=1S/C28H26ClN3O/c1-18-11-22(9-10-30-18)21-5-3-20(4-6-21)12-28(33)19(2)23-13-24(15-26(29)14-23)25-16-31-32(17-25)27-7-8-27/h3-6,9-11,13-17,19,27H,7-8,12H2,1-2H3. The lowest BCUT2D eigenvalue weighted by Gasteiger charge is -2.13. The molecule has 0 spiro atoms. The van der Waals surface area contributed by atoms with Crippen LogP contribution < -0.4 is 0 Å². The maximum absolute atomic E-state index is 13.1. The van der Waals surface area contributed by atoms with Crippen molar-refractivity contribution in [3.63, 3.8) is 0 Å². The maximum atomic E-state index is 13.1. The second-order valence-electron chi connectivity index (χ2n) is 8.96. The molecule has 0 radical (unpaired) electrons. The molecule has 33 heavy (non-hydrogen) atoms. The molecule has 5 heteroatoms. The summed E-state index contributed by atoms with van der Waals surface area (Å²) in [5.74, 6) is -0.0761. The second kappa shape index (κ2) is 8.95. The molecule has 4 aromatic rings. The van der Waals surface area contributed by atoms with E-state index in [1.165, 1.54) is 12.8 Å². The largest absolute Gasteiger partial charge is 0.299 e. The van der Waals surface area contributed by atoms with E-state index in [1.54, 1.807) is 0 Å². The molecule has 1 saturated carbocycles. The van der Waals surface area contributed by atoms with Crippen molar-refractivity contribution < 1.29 is 4.79 Å². The zero-order valence-corrected chi connectivity index (χ0v) is 19.6. The summed E-state index contributed by atoms with van der Waals surface area (Å²) in [4.78, 5) is 17.4. The van der Waals surface area contributed by atoms with Crippen LogP contribution in [0, 0.1) is 6.92 Å². The number of nitrogens with zero attached hydrogens (tertiary/aromatic N) is 3. The van der Waals surface area contributed by atoms with E-state index >= 15 is 0 Å². The SMILES string of the molecule is Cc1cc(-c2ccc(CC(=O)C(C)c3cc(Cl)cc(-c4cnn(C5CC5)c4)c3)cc2)ccn1. The van der Waals surface area contributed by atoms with Crippen LogP contribution in [0.5, 0.6) is 0 Å². The van der Waals surface area contributed by atoms with Gasteiger partial charge in [0.05, 0.1) is 12.2 Å². The van der Waals surface area contributed by atoms with Crippen LogP contribution in [0.4, 0.5) is 0 Å². The van der Waals surface area contributed by atoms with Crippen molar-refractivity contribution in [2.75, 3.05) is 0 Å². The van der Waals surface area contributed by atoms with Crippen LogP contribution >= 0.6 is 11.6 Å². The number of rotatable bonds is 7. The molecule has 1 atom stereocenters. The first-order valence-electron chi connectivity index (χ1n) is 11.4. The van der Waals surface area contributed by atoms with E-state index in [4.69, 9.17) is 11.6 Å². The third kappa shape index (κ3) is 4.91. The fourth-order valence-electron chi connectivity index (χ4n) is 4.14. The lowest BCUT2D eigenvalue weighted by molar-refractivity contribution is -0.119. The smallest absolute Gasteiger partial charge is 0.144 e. The van der Waals surface area contributed by atoms with Crippen molar-refractivity contribution in [1.82, 2.24) is 14.8 Å². The quantitative estimate of drug-likeness (QED) is 0.307. The van der Waals surface area contributed by atoms with E-state index in [9.17, 15) is 4.79 Å². The fourth-order valence-corrected chi connectivity index (χ4v) is 4.38. The highest BCUT2D eigenvalue weighted by Crippen LogP contribution is 2.36. The molecule has 1 aliphatic carbocycles. The summed E-state index contributed by atoms with van der Waals surface area (Å²) in [6.07, 6.45) is 8.54. The molecule has 0 saturated heterocycles. The molecule has 2 aromatic heterocycles. The summed E-state index contributed by atoms with van der Waals surface area (Å²) in [7, 11) is 0.